The number of fused-ring (bicyclic) bond motifs is 6. The van der Waals surface area contributed by atoms with Gasteiger partial charge in [-0.05, 0) is 132 Å². The van der Waals surface area contributed by atoms with Crippen molar-refractivity contribution in [1.82, 2.24) is 0 Å². The van der Waals surface area contributed by atoms with Crippen molar-refractivity contribution in [3.63, 3.8) is 0 Å². The third kappa shape index (κ3) is 7.02. The molecule has 326 valence electrons. The second-order valence-corrected chi connectivity index (χ2v) is 23.3. The summed E-state index contributed by atoms with van der Waals surface area (Å²) in [6.07, 6.45) is 0. The Kier molecular flexibility index (Phi) is 10.6. The van der Waals surface area contributed by atoms with Crippen LogP contribution in [0.15, 0.2) is 260 Å². The van der Waals surface area contributed by atoms with Gasteiger partial charge < -0.3 is 9.80 Å². The van der Waals surface area contributed by atoms with E-state index in [1.165, 1.54) is 64.6 Å². The molecule has 10 aromatic rings. The van der Waals surface area contributed by atoms with Crippen molar-refractivity contribution >= 4 is 74.7 Å². The minimum absolute atomic E-state index is 0.0707. The van der Waals surface area contributed by atoms with E-state index in [2.05, 4.69) is 278 Å². The van der Waals surface area contributed by atoms with Gasteiger partial charge in [0.25, 0.3) is 0 Å². The standard InChI is InChI=1S/C64H50N2SSi/c1-64(2)61-33-18-17-32-58(61)60-43-51(37-41-62(60)64)66(48-23-9-4-10-24-48)50-25-19-30-56(42-50)68(53-26-11-5-12-27-53,54-28-13-6-14-29-54)55-38-34-49(35-39-55)65(47-21-7-3-8-22-47)52-36-40-59-57-31-16-15-20-46(57)45-67-63(59)44-52/h3-44H,45H2,1-2H3. The van der Waals surface area contributed by atoms with E-state index in [0.29, 0.717) is 0 Å². The fraction of sp³-hybridized carbons (Fsp3) is 0.0625. The molecule has 0 spiro atoms. The SMILES string of the molecule is CC1(C)c2ccccc2-c2cc(N(c3ccccc3)c3cccc([Si](c4ccccc4)(c4ccccc4)c4ccc(N(c5ccccc5)c5ccc6c(c5)SCc5ccccc5-6)cc4)c3)ccc21. The lowest BCUT2D eigenvalue weighted by molar-refractivity contribution is 0.660. The molecule has 4 heteroatoms. The van der Waals surface area contributed by atoms with Crippen LogP contribution < -0.4 is 30.5 Å². The summed E-state index contributed by atoms with van der Waals surface area (Å²) in [5, 5.41) is 5.32. The third-order valence-electron chi connectivity index (χ3n) is 14.3. The van der Waals surface area contributed by atoms with E-state index in [-0.39, 0.29) is 5.41 Å². The first kappa shape index (κ1) is 41.8. The highest BCUT2D eigenvalue weighted by atomic mass is 32.2. The highest BCUT2D eigenvalue weighted by molar-refractivity contribution is 7.98. The number of hydrogen-bond donors (Lipinski definition) is 0. The zero-order valence-electron chi connectivity index (χ0n) is 38.3. The lowest BCUT2D eigenvalue weighted by Gasteiger charge is -2.36. The maximum Gasteiger partial charge on any atom is 0.179 e. The smallest absolute Gasteiger partial charge is 0.179 e. The van der Waals surface area contributed by atoms with E-state index in [1.54, 1.807) is 0 Å². The Hall–Kier alpha value is -7.63. The summed E-state index contributed by atoms with van der Waals surface area (Å²) in [7, 11) is -2.98. The monoisotopic (exact) mass is 906 g/mol. The molecule has 0 unspecified atom stereocenters. The first-order valence-electron chi connectivity index (χ1n) is 23.6. The number of rotatable bonds is 10. The van der Waals surface area contributed by atoms with Crippen molar-refractivity contribution < 1.29 is 0 Å². The first-order chi connectivity index (χ1) is 33.5. The molecule has 0 radical (unpaired) electrons. The number of anilines is 6. The molecule has 0 bridgehead atoms. The summed E-state index contributed by atoms with van der Waals surface area (Å²) in [5.41, 5.74) is 16.1. The molecule has 0 aromatic heterocycles. The van der Waals surface area contributed by atoms with E-state index in [0.717, 1.165) is 39.9 Å². The molecule has 0 amide bonds. The number of para-hydroxylation sites is 2. The molecule has 0 saturated carbocycles. The maximum absolute atomic E-state index is 2.98. The van der Waals surface area contributed by atoms with Gasteiger partial charge in [-0.25, -0.2) is 0 Å². The van der Waals surface area contributed by atoms with Crippen LogP contribution in [0.1, 0.15) is 30.5 Å². The molecule has 0 fully saturated rings. The highest BCUT2D eigenvalue weighted by Gasteiger charge is 2.42. The van der Waals surface area contributed by atoms with Crippen LogP contribution in [-0.2, 0) is 11.2 Å². The van der Waals surface area contributed by atoms with Crippen molar-refractivity contribution in [2.75, 3.05) is 9.80 Å². The minimum Gasteiger partial charge on any atom is -0.310 e. The van der Waals surface area contributed by atoms with Crippen LogP contribution in [0.4, 0.5) is 34.1 Å². The molecule has 2 aliphatic rings. The van der Waals surface area contributed by atoms with Gasteiger partial charge in [-0.2, -0.15) is 0 Å². The second-order valence-electron chi connectivity index (χ2n) is 18.4. The van der Waals surface area contributed by atoms with Gasteiger partial charge in [0, 0.05) is 50.2 Å². The van der Waals surface area contributed by atoms with E-state index >= 15 is 0 Å². The van der Waals surface area contributed by atoms with Gasteiger partial charge in [-0.3, -0.25) is 0 Å². The second kappa shape index (κ2) is 17.2. The van der Waals surface area contributed by atoms with Crippen molar-refractivity contribution in [2.45, 2.75) is 29.9 Å². The van der Waals surface area contributed by atoms with Crippen LogP contribution >= 0.6 is 11.8 Å². The van der Waals surface area contributed by atoms with Crippen LogP contribution in [0.2, 0.25) is 0 Å². The largest absolute Gasteiger partial charge is 0.310 e. The van der Waals surface area contributed by atoms with Gasteiger partial charge in [-0.1, -0.05) is 196 Å². The summed E-state index contributed by atoms with van der Waals surface area (Å²) in [6.45, 7) is 4.71. The van der Waals surface area contributed by atoms with Crippen LogP contribution in [0.25, 0.3) is 22.3 Å². The molecule has 2 nitrogen and oxygen atoms in total. The number of thioether (sulfide) groups is 1. The normalized spacial score (nSPS) is 13.1. The Morgan fingerprint density at radius 1 is 0.338 bits per heavy atom. The topological polar surface area (TPSA) is 6.48 Å². The molecule has 12 rings (SSSR count). The number of hydrogen-bond acceptors (Lipinski definition) is 3. The van der Waals surface area contributed by atoms with Gasteiger partial charge >= 0.3 is 0 Å². The van der Waals surface area contributed by atoms with Crippen LogP contribution in [0, 0.1) is 0 Å². The van der Waals surface area contributed by atoms with Crippen molar-refractivity contribution in [3.05, 3.63) is 271 Å². The lowest BCUT2D eigenvalue weighted by atomic mass is 9.82. The Labute approximate surface area is 405 Å². The van der Waals surface area contributed by atoms with E-state index in [4.69, 9.17) is 0 Å². The average molecular weight is 907 g/mol. The number of nitrogens with zero attached hydrogens (tertiary/aromatic N) is 2. The minimum atomic E-state index is -2.98. The molecule has 1 aliphatic heterocycles. The maximum atomic E-state index is 2.48. The Bertz CT molecular complexity index is 3390. The summed E-state index contributed by atoms with van der Waals surface area (Å²) < 4.78 is 0. The van der Waals surface area contributed by atoms with Crippen LogP contribution in [0.3, 0.4) is 0 Å². The molecule has 0 N–H and O–H groups in total. The summed E-state index contributed by atoms with van der Waals surface area (Å²) in [6, 6.07) is 95.0. The molecule has 1 aliphatic carbocycles. The average Bonchev–Trinajstić information content (AvgIpc) is 3.63. The molecule has 0 atom stereocenters. The first-order valence-corrected chi connectivity index (χ1v) is 26.6. The predicted octanol–water partition coefficient (Wildman–Crippen LogP) is 14.6. The molecule has 1 heterocycles. The van der Waals surface area contributed by atoms with E-state index < -0.39 is 8.07 Å². The quantitative estimate of drug-likeness (QED) is 0.0997. The molecule has 68 heavy (non-hydrogen) atoms. The van der Waals surface area contributed by atoms with Crippen LogP contribution in [-0.4, -0.2) is 8.07 Å². The lowest BCUT2D eigenvalue weighted by Crippen LogP contribution is -2.74. The Morgan fingerprint density at radius 3 is 1.47 bits per heavy atom. The molecular weight excluding hydrogens is 857 g/mol. The summed E-state index contributed by atoms with van der Waals surface area (Å²) in [5.74, 6) is 0.975. The van der Waals surface area contributed by atoms with Gasteiger partial charge in [0.1, 0.15) is 0 Å². The van der Waals surface area contributed by atoms with Gasteiger partial charge in [0.2, 0.25) is 0 Å². The molecule has 0 saturated heterocycles. The van der Waals surface area contributed by atoms with Gasteiger partial charge in [0.15, 0.2) is 8.07 Å². The van der Waals surface area contributed by atoms with Gasteiger partial charge in [0.05, 0.1) is 0 Å². The molecule has 10 aromatic carbocycles. The zero-order chi connectivity index (χ0) is 45.7. The third-order valence-corrected chi connectivity index (χ3v) is 20.2. The number of benzene rings is 10. The van der Waals surface area contributed by atoms with Crippen molar-refractivity contribution in [1.29, 1.82) is 0 Å². The Morgan fingerprint density at radius 2 is 0.794 bits per heavy atom. The van der Waals surface area contributed by atoms with E-state index in [1.807, 2.05) is 11.8 Å². The van der Waals surface area contributed by atoms with Crippen LogP contribution in [0.5, 0.6) is 0 Å². The Balaban J connectivity index is 1.02. The van der Waals surface area contributed by atoms with E-state index in [9.17, 15) is 0 Å². The fourth-order valence-electron chi connectivity index (χ4n) is 11.1. The highest BCUT2D eigenvalue weighted by Crippen LogP contribution is 2.51. The predicted molar refractivity (Wildman–Crippen MR) is 292 cm³/mol. The summed E-state index contributed by atoms with van der Waals surface area (Å²) >= 11 is 1.93. The fourth-order valence-corrected chi connectivity index (χ4v) is 16.9. The summed E-state index contributed by atoms with van der Waals surface area (Å²) in [4.78, 5) is 6.17. The zero-order valence-corrected chi connectivity index (χ0v) is 40.1. The molecular formula is C64H50N2SSi. The van der Waals surface area contributed by atoms with Crippen molar-refractivity contribution in [2.24, 2.45) is 0 Å². The van der Waals surface area contributed by atoms with Gasteiger partial charge in [-0.15, -0.1) is 11.8 Å². The van der Waals surface area contributed by atoms with Crippen molar-refractivity contribution in [3.8, 4) is 22.3 Å².